The van der Waals surface area contributed by atoms with Crippen LogP contribution in [0.1, 0.15) is 57.7 Å². The molecule has 0 aliphatic carbocycles. The zero-order valence-corrected chi connectivity index (χ0v) is 11.0. The van der Waals surface area contributed by atoms with Crippen LogP contribution in [0, 0.1) is 0 Å². The molecule has 0 aliphatic heterocycles. The second-order valence-corrected chi connectivity index (χ2v) is 4.67. The van der Waals surface area contributed by atoms with Crippen molar-refractivity contribution in [3.8, 4) is 0 Å². The predicted octanol–water partition coefficient (Wildman–Crippen LogP) is 2.23. The molecule has 1 rings (SSSR count). The summed E-state index contributed by atoms with van der Waals surface area (Å²) in [5.41, 5.74) is 6.42. The average Bonchev–Trinajstić information content (AvgIpc) is 2.77. The Kier molecular flexibility index (Phi) is 6.22. The van der Waals surface area contributed by atoms with Gasteiger partial charge in [0, 0.05) is 12.7 Å². The number of imidazole rings is 1. The van der Waals surface area contributed by atoms with E-state index in [0.29, 0.717) is 6.54 Å². The lowest BCUT2D eigenvalue weighted by molar-refractivity contribution is 0.122. The molecule has 0 saturated carbocycles. The maximum absolute atomic E-state index is 9.82. The van der Waals surface area contributed by atoms with E-state index in [1.165, 1.54) is 19.3 Å². The molecule has 0 aromatic carbocycles. The highest BCUT2D eigenvalue weighted by Gasteiger charge is 2.16. The first-order valence-corrected chi connectivity index (χ1v) is 6.59. The number of nitrogens with two attached hydrogens (primary N) is 1. The van der Waals surface area contributed by atoms with E-state index in [-0.39, 0.29) is 12.1 Å². The number of hydrogen-bond donors (Lipinski definition) is 2. The van der Waals surface area contributed by atoms with Crippen molar-refractivity contribution in [2.75, 3.05) is 0 Å². The van der Waals surface area contributed by atoms with Crippen molar-refractivity contribution in [3.63, 3.8) is 0 Å². The van der Waals surface area contributed by atoms with Crippen molar-refractivity contribution in [3.05, 3.63) is 18.2 Å². The lowest BCUT2D eigenvalue weighted by Crippen LogP contribution is -2.20. The Morgan fingerprint density at radius 1 is 1.41 bits per heavy atom. The molecule has 0 unspecified atom stereocenters. The molecule has 17 heavy (non-hydrogen) atoms. The van der Waals surface area contributed by atoms with Gasteiger partial charge in [0.25, 0.3) is 0 Å². The highest BCUT2D eigenvalue weighted by molar-refractivity contribution is 4.97. The van der Waals surface area contributed by atoms with E-state index in [0.717, 1.165) is 18.5 Å². The standard InChI is InChI=1S/C13H25N3O/c1-3-4-5-6-7-13(11(2)17)16-9-12(8-14)15-10-16/h9-11,13,17H,3-8,14H2,1-2H3/t11-,13+/m1/s1. The normalized spacial score (nSPS) is 14.8. The molecule has 1 aromatic heterocycles. The number of aromatic nitrogens is 2. The molecular weight excluding hydrogens is 214 g/mol. The first-order valence-electron chi connectivity index (χ1n) is 6.59. The van der Waals surface area contributed by atoms with E-state index >= 15 is 0 Å². The first-order chi connectivity index (χ1) is 8.19. The zero-order chi connectivity index (χ0) is 12.7. The second-order valence-electron chi connectivity index (χ2n) is 4.67. The Morgan fingerprint density at radius 3 is 2.71 bits per heavy atom. The molecule has 0 fully saturated rings. The van der Waals surface area contributed by atoms with E-state index < -0.39 is 0 Å². The summed E-state index contributed by atoms with van der Waals surface area (Å²) in [4.78, 5) is 4.21. The van der Waals surface area contributed by atoms with Crippen LogP contribution in [-0.4, -0.2) is 20.8 Å². The van der Waals surface area contributed by atoms with Gasteiger partial charge in [-0.25, -0.2) is 4.98 Å². The van der Waals surface area contributed by atoms with Crippen LogP contribution in [0.3, 0.4) is 0 Å². The van der Waals surface area contributed by atoms with E-state index in [4.69, 9.17) is 5.73 Å². The summed E-state index contributed by atoms with van der Waals surface area (Å²) in [5, 5.41) is 9.82. The molecule has 98 valence electrons. The molecule has 0 bridgehead atoms. The fourth-order valence-corrected chi connectivity index (χ4v) is 2.09. The number of nitrogens with zero attached hydrogens (tertiary/aromatic N) is 2. The van der Waals surface area contributed by atoms with Crippen molar-refractivity contribution in [2.45, 2.75) is 64.6 Å². The maximum Gasteiger partial charge on any atom is 0.0953 e. The Hall–Kier alpha value is -0.870. The highest BCUT2D eigenvalue weighted by Crippen LogP contribution is 2.20. The summed E-state index contributed by atoms with van der Waals surface area (Å²) in [7, 11) is 0. The number of aliphatic hydroxyl groups is 1. The molecule has 1 heterocycles. The van der Waals surface area contributed by atoms with E-state index in [9.17, 15) is 5.11 Å². The minimum Gasteiger partial charge on any atom is -0.391 e. The van der Waals surface area contributed by atoms with E-state index in [2.05, 4.69) is 11.9 Å². The zero-order valence-electron chi connectivity index (χ0n) is 11.0. The maximum atomic E-state index is 9.82. The summed E-state index contributed by atoms with van der Waals surface area (Å²) >= 11 is 0. The molecule has 0 spiro atoms. The lowest BCUT2D eigenvalue weighted by Gasteiger charge is -2.21. The highest BCUT2D eigenvalue weighted by atomic mass is 16.3. The van der Waals surface area contributed by atoms with E-state index in [1.807, 2.05) is 17.7 Å². The summed E-state index contributed by atoms with van der Waals surface area (Å²) in [6.07, 6.45) is 9.26. The SMILES string of the molecule is CCCCCC[C@@H]([C@@H](C)O)n1cnc(CN)c1. The largest absolute Gasteiger partial charge is 0.391 e. The van der Waals surface area contributed by atoms with Gasteiger partial charge < -0.3 is 15.4 Å². The quantitative estimate of drug-likeness (QED) is 0.684. The third kappa shape index (κ3) is 4.48. The van der Waals surface area contributed by atoms with Gasteiger partial charge in [-0.1, -0.05) is 32.6 Å². The number of rotatable bonds is 8. The Labute approximate surface area is 104 Å². The monoisotopic (exact) mass is 239 g/mol. The van der Waals surface area contributed by atoms with E-state index in [1.54, 1.807) is 6.33 Å². The molecule has 0 aliphatic rings. The number of hydrogen-bond acceptors (Lipinski definition) is 3. The Bertz CT molecular complexity index is 309. The molecule has 2 atom stereocenters. The molecule has 4 nitrogen and oxygen atoms in total. The molecule has 0 amide bonds. The summed E-state index contributed by atoms with van der Waals surface area (Å²) in [6, 6.07) is 0.125. The molecule has 4 heteroatoms. The van der Waals surface area contributed by atoms with Crippen LogP contribution >= 0.6 is 0 Å². The number of unbranched alkanes of at least 4 members (excludes halogenated alkanes) is 3. The van der Waals surface area contributed by atoms with Crippen molar-refractivity contribution >= 4 is 0 Å². The van der Waals surface area contributed by atoms with Gasteiger partial charge >= 0.3 is 0 Å². The molecule has 1 aromatic rings. The van der Waals surface area contributed by atoms with Gasteiger partial charge in [-0.3, -0.25) is 0 Å². The molecule has 0 radical (unpaired) electrons. The molecular formula is C13H25N3O. The van der Waals surface area contributed by atoms with Crippen LogP contribution in [0.2, 0.25) is 0 Å². The van der Waals surface area contributed by atoms with Gasteiger partial charge in [0.15, 0.2) is 0 Å². The summed E-state index contributed by atoms with van der Waals surface area (Å²) in [6.45, 7) is 4.50. The van der Waals surface area contributed by atoms with Crippen LogP contribution in [0.5, 0.6) is 0 Å². The van der Waals surface area contributed by atoms with Gasteiger partial charge in [0.05, 0.1) is 24.2 Å². The van der Waals surface area contributed by atoms with Gasteiger partial charge in [-0.15, -0.1) is 0 Å². The van der Waals surface area contributed by atoms with Gasteiger partial charge in [0.1, 0.15) is 0 Å². The fourth-order valence-electron chi connectivity index (χ4n) is 2.09. The van der Waals surface area contributed by atoms with Crippen LogP contribution < -0.4 is 5.73 Å². The predicted molar refractivity (Wildman–Crippen MR) is 69.6 cm³/mol. The third-order valence-electron chi connectivity index (χ3n) is 3.16. The van der Waals surface area contributed by atoms with Crippen molar-refractivity contribution < 1.29 is 5.11 Å². The average molecular weight is 239 g/mol. The third-order valence-corrected chi connectivity index (χ3v) is 3.16. The van der Waals surface area contributed by atoms with Crippen molar-refractivity contribution in [2.24, 2.45) is 5.73 Å². The first kappa shape index (κ1) is 14.2. The van der Waals surface area contributed by atoms with Gasteiger partial charge in [0.2, 0.25) is 0 Å². The van der Waals surface area contributed by atoms with Crippen LogP contribution in [0.25, 0.3) is 0 Å². The van der Waals surface area contributed by atoms with Crippen LogP contribution in [-0.2, 0) is 6.54 Å². The summed E-state index contributed by atoms with van der Waals surface area (Å²) in [5.74, 6) is 0. The molecule has 0 saturated heterocycles. The van der Waals surface area contributed by atoms with Crippen molar-refractivity contribution in [1.82, 2.24) is 9.55 Å². The van der Waals surface area contributed by atoms with Crippen LogP contribution in [0.15, 0.2) is 12.5 Å². The lowest BCUT2D eigenvalue weighted by atomic mass is 10.0. The Morgan fingerprint density at radius 2 is 2.18 bits per heavy atom. The van der Waals surface area contributed by atoms with Gasteiger partial charge in [-0.05, 0) is 13.3 Å². The summed E-state index contributed by atoms with van der Waals surface area (Å²) < 4.78 is 2.00. The minimum absolute atomic E-state index is 0.125. The minimum atomic E-state index is -0.351. The fraction of sp³-hybridized carbons (Fsp3) is 0.769. The van der Waals surface area contributed by atoms with Gasteiger partial charge in [-0.2, -0.15) is 0 Å². The van der Waals surface area contributed by atoms with Crippen LogP contribution in [0.4, 0.5) is 0 Å². The van der Waals surface area contributed by atoms with Crippen molar-refractivity contribution in [1.29, 1.82) is 0 Å². The smallest absolute Gasteiger partial charge is 0.0953 e. The molecule has 3 N–H and O–H groups in total. The Balaban J connectivity index is 2.53. The number of aliphatic hydroxyl groups excluding tert-OH is 1. The topological polar surface area (TPSA) is 64.1 Å². The second kappa shape index (κ2) is 7.45.